The van der Waals surface area contributed by atoms with Gasteiger partial charge in [-0.3, -0.25) is 10.1 Å². The average molecular weight is 313 g/mol. The standard InChI is InChI=1S/C12H15N3O5S/c13-8-2-1-3-11(12(8)15(16)17)21(18,19)14-9-6-7-4-5-10(9)20-7/h1-3,7,9-10,14H,4-6,13H2. The van der Waals surface area contributed by atoms with Crippen LogP contribution in [0.4, 0.5) is 11.4 Å². The molecule has 3 unspecified atom stereocenters. The Hall–Kier alpha value is -1.71. The third-order valence-corrected chi connectivity index (χ3v) is 5.44. The first kappa shape index (κ1) is 14.2. The first-order chi connectivity index (χ1) is 9.88. The second-order valence-electron chi connectivity index (χ2n) is 5.29. The third kappa shape index (κ3) is 2.47. The van der Waals surface area contributed by atoms with Crippen molar-refractivity contribution in [3.63, 3.8) is 0 Å². The van der Waals surface area contributed by atoms with E-state index >= 15 is 0 Å². The molecule has 21 heavy (non-hydrogen) atoms. The largest absolute Gasteiger partial charge is 0.393 e. The van der Waals surface area contributed by atoms with Crippen molar-refractivity contribution in [2.24, 2.45) is 0 Å². The molecule has 2 bridgehead atoms. The Morgan fingerprint density at radius 2 is 2.14 bits per heavy atom. The summed E-state index contributed by atoms with van der Waals surface area (Å²) >= 11 is 0. The van der Waals surface area contributed by atoms with Gasteiger partial charge in [0.15, 0.2) is 4.90 Å². The van der Waals surface area contributed by atoms with E-state index in [2.05, 4.69) is 4.72 Å². The highest BCUT2D eigenvalue weighted by molar-refractivity contribution is 7.89. The molecule has 3 atom stereocenters. The summed E-state index contributed by atoms with van der Waals surface area (Å²) < 4.78 is 32.9. The molecule has 0 spiro atoms. The predicted octanol–water partition coefficient (Wildman–Crippen LogP) is 0.775. The van der Waals surface area contributed by atoms with Gasteiger partial charge in [0.1, 0.15) is 5.69 Å². The van der Waals surface area contributed by atoms with Crippen molar-refractivity contribution in [2.75, 3.05) is 5.73 Å². The minimum Gasteiger partial charge on any atom is -0.393 e. The number of hydrogen-bond acceptors (Lipinski definition) is 6. The molecule has 0 aromatic heterocycles. The zero-order chi connectivity index (χ0) is 15.2. The lowest BCUT2D eigenvalue weighted by Gasteiger charge is -2.20. The highest BCUT2D eigenvalue weighted by Crippen LogP contribution is 2.36. The fourth-order valence-corrected chi connectivity index (χ4v) is 4.45. The number of hydrogen-bond donors (Lipinski definition) is 2. The molecule has 3 rings (SSSR count). The second-order valence-corrected chi connectivity index (χ2v) is 6.97. The Kier molecular flexibility index (Phi) is 3.34. The van der Waals surface area contributed by atoms with E-state index in [4.69, 9.17) is 10.5 Å². The van der Waals surface area contributed by atoms with E-state index in [1.54, 1.807) is 0 Å². The van der Waals surface area contributed by atoms with Crippen LogP contribution in [-0.4, -0.2) is 31.6 Å². The van der Waals surface area contributed by atoms with Crippen molar-refractivity contribution >= 4 is 21.4 Å². The fourth-order valence-electron chi connectivity index (χ4n) is 2.98. The van der Waals surface area contributed by atoms with Crippen molar-refractivity contribution in [3.8, 4) is 0 Å². The van der Waals surface area contributed by atoms with Gasteiger partial charge in [-0.25, -0.2) is 13.1 Å². The van der Waals surface area contributed by atoms with Crippen LogP contribution in [0.3, 0.4) is 0 Å². The number of benzene rings is 1. The van der Waals surface area contributed by atoms with Gasteiger partial charge in [0, 0.05) is 0 Å². The summed E-state index contributed by atoms with van der Waals surface area (Å²) in [7, 11) is -4.02. The number of nitrogens with two attached hydrogens (primary N) is 1. The minimum atomic E-state index is -4.02. The van der Waals surface area contributed by atoms with E-state index in [1.165, 1.54) is 18.2 Å². The topological polar surface area (TPSA) is 125 Å². The summed E-state index contributed by atoms with van der Waals surface area (Å²) in [6.45, 7) is 0. The number of nitrogen functional groups attached to an aromatic ring is 1. The smallest absolute Gasteiger partial charge is 0.312 e. The highest BCUT2D eigenvalue weighted by Gasteiger charge is 2.43. The number of nitro groups is 1. The lowest BCUT2D eigenvalue weighted by Crippen LogP contribution is -2.41. The van der Waals surface area contributed by atoms with Crippen LogP contribution in [0.5, 0.6) is 0 Å². The zero-order valence-electron chi connectivity index (χ0n) is 11.1. The maximum atomic E-state index is 12.4. The van der Waals surface area contributed by atoms with Crippen LogP contribution in [-0.2, 0) is 14.8 Å². The first-order valence-electron chi connectivity index (χ1n) is 6.59. The molecule has 2 saturated heterocycles. The molecule has 1 aromatic carbocycles. The number of anilines is 1. The molecular weight excluding hydrogens is 298 g/mol. The van der Waals surface area contributed by atoms with Crippen LogP contribution < -0.4 is 10.5 Å². The summed E-state index contributed by atoms with van der Waals surface area (Å²) in [5, 5.41) is 11.1. The number of nitro benzene ring substituents is 1. The van der Waals surface area contributed by atoms with Crippen molar-refractivity contribution in [1.82, 2.24) is 4.72 Å². The van der Waals surface area contributed by atoms with Gasteiger partial charge in [-0.05, 0) is 31.4 Å². The van der Waals surface area contributed by atoms with Crippen molar-refractivity contribution in [1.29, 1.82) is 0 Å². The number of para-hydroxylation sites is 1. The lowest BCUT2D eigenvalue weighted by atomic mass is 9.96. The van der Waals surface area contributed by atoms with Crippen LogP contribution in [0.25, 0.3) is 0 Å². The fraction of sp³-hybridized carbons (Fsp3) is 0.500. The average Bonchev–Trinajstić information content (AvgIpc) is 2.99. The molecule has 114 valence electrons. The van der Waals surface area contributed by atoms with Crippen LogP contribution in [0.1, 0.15) is 19.3 Å². The molecule has 2 heterocycles. The first-order valence-corrected chi connectivity index (χ1v) is 8.07. The quantitative estimate of drug-likeness (QED) is 0.480. The summed E-state index contributed by atoms with van der Waals surface area (Å²) in [6, 6.07) is 3.53. The van der Waals surface area contributed by atoms with E-state index in [9.17, 15) is 18.5 Å². The lowest BCUT2D eigenvalue weighted by molar-refractivity contribution is -0.386. The number of rotatable bonds is 4. The molecule has 2 aliphatic heterocycles. The van der Waals surface area contributed by atoms with Crippen molar-refractivity contribution in [3.05, 3.63) is 28.3 Å². The molecule has 9 heteroatoms. The molecule has 2 fully saturated rings. The van der Waals surface area contributed by atoms with Gasteiger partial charge in [-0.1, -0.05) is 6.07 Å². The highest BCUT2D eigenvalue weighted by atomic mass is 32.2. The van der Waals surface area contributed by atoms with Crippen LogP contribution in [0.2, 0.25) is 0 Å². The van der Waals surface area contributed by atoms with Gasteiger partial charge in [0.25, 0.3) is 0 Å². The summed E-state index contributed by atoms with van der Waals surface area (Å²) in [6.07, 6.45) is 2.27. The van der Waals surface area contributed by atoms with E-state index in [1.807, 2.05) is 0 Å². The van der Waals surface area contributed by atoms with Gasteiger partial charge >= 0.3 is 5.69 Å². The van der Waals surface area contributed by atoms with Crippen molar-refractivity contribution in [2.45, 2.75) is 42.4 Å². The predicted molar refractivity (Wildman–Crippen MR) is 74.1 cm³/mol. The third-order valence-electron chi connectivity index (χ3n) is 3.91. The van der Waals surface area contributed by atoms with Crippen LogP contribution >= 0.6 is 0 Å². The molecule has 0 saturated carbocycles. The van der Waals surface area contributed by atoms with E-state index in [0.717, 1.165) is 12.8 Å². The Morgan fingerprint density at radius 1 is 1.38 bits per heavy atom. The van der Waals surface area contributed by atoms with Gasteiger partial charge < -0.3 is 10.5 Å². The maximum Gasteiger partial charge on any atom is 0.312 e. The molecular formula is C12H15N3O5S. The molecule has 0 amide bonds. The summed E-state index contributed by atoms with van der Waals surface area (Å²) in [4.78, 5) is 9.88. The van der Waals surface area contributed by atoms with Gasteiger partial charge in [0.2, 0.25) is 10.0 Å². The van der Waals surface area contributed by atoms with E-state index in [0.29, 0.717) is 6.42 Å². The normalized spacial score (nSPS) is 27.9. The van der Waals surface area contributed by atoms with Crippen molar-refractivity contribution < 1.29 is 18.1 Å². The van der Waals surface area contributed by atoms with Gasteiger partial charge in [0.05, 0.1) is 23.2 Å². The van der Waals surface area contributed by atoms with Crippen LogP contribution in [0, 0.1) is 10.1 Å². The molecule has 0 aliphatic carbocycles. The molecule has 3 N–H and O–H groups in total. The Morgan fingerprint density at radius 3 is 2.71 bits per heavy atom. The number of sulfonamides is 1. The van der Waals surface area contributed by atoms with E-state index < -0.39 is 25.5 Å². The van der Waals surface area contributed by atoms with Gasteiger partial charge in [-0.15, -0.1) is 0 Å². The van der Waals surface area contributed by atoms with Gasteiger partial charge in [-0.2, -0.15) is 0 Å². The number of fused-ring (bicyclic) bond motifs is 2. The Balaban J connectivity index is 1.92. The summed E-state index contributed by atoms with van der Waals surface area (Å²) in [5.41, 5.74) is 4.77. The minimum absolute atomic E-state index is 0.0820. The number of nitrogens with zero attached hydrogens (tertiary/aromatic N) is 1. The van der Waals surface area contributed by atoms with E-state index in [-0.39, 0.29) is 23.9 Å². The molecule has 2 aliphatic rings. The maximum absolute atomic E-state index is 12.4. The van der Waals surface area contributed by atoms with Crippen LogP contribution in [0.15, 0.2) is 23.1 Å². The number of ether oxygens (including phenoxy) is 1. The molecule has 0 radical (unpaired) electrons. The summed E-state index contributed by atoms with van der Waals surface area (Å²) in [5.74, 6) is 0. The number of nitrogens with one attached hydrogen (secondary N) is 1. The molecule has 1 aromatic rings. The second kappa shape index (κ2) is 4.93. The molecule has 8 nitrogen and oxygen atoms in total. The Bertz CT molecular complexity index is 690. The zero-order valence-corrected chi connectivity index (χ0v) is 11.9. The SMILES string of the molecule is Nc1cccc(S(=O)(=O)NC2CC3CCC2O3)c1[N+](=O)[O-]. The monoisotopic (exact) mass is 313 g/mol. The Labute approximate surface area is 121 Å².